The van der Waals surface area contributed by atoms with Crippen LogP contribution in [0.3, 0.4) is 0 Å². The molecule has 1 fully saturated rings. The number of rotatable bonds is 5. The maximum Gasteiger partial charge on any atom is 0.338 e. The normalized spacial score (nSPS) is 19.6. The smallest absolute Gasteiger partial charge is 0.338 e. The molecule has 1 unspecified atom stereocenters. The van der Waals surface area contributed by atoms with Crippen molar-refractivity contribution in [2.45, 2.75) is 38.8 Å². The van der Waals surface area contributed by atoms with Gasteiger partial charge in [-0.05, 0) is 13.8 Å². The molecule has 1 atom stereocenters. The van der Waals surface area contributed by atoms with Crippen molar-refractivity contribution in [1.82, 2.24) is 13.7 Å². The maximum absolute atomic E-state index is 12.3. The number of allylic oxidation sites excluding steroid dienone is 2. The van der Waals surface area contributed by atoms with Gasteiger partial charge in [-0.3, -0.25) is 0 Å². The zero-order chi connectivity index (χ0) is 15.1. The molecule has 1 aliphatic rings. The summed E-state index contributed by atoms with van der Waals surface area (Å²) >= 11 is 0. The minimum Gasteiger partial charge on any atom is -0.344 e. The lowest BCUT2D eigenvalue weighted by Gasteiger charge is -2.11. The maximum atomic E-state index is 12.3. The molecule has 20 heavy (non-hydrogen) atoms. The highest BCUT2D eigenvalue weighted by Gasteiger charge is 2.51. The van der Waals surface area contributed by atoms with E-state index < -0.39 is 28.9 Å². The first-order valence-corrected chi connectivity index (χ1v) is 6.21. The van der Waals surface area contributed by atoms with E-state index in [1.54, 1.807) is 13.8 Å². The first kappa shape index (κ1) is 14.3. The van der Waals surface area contributed by atoms with E-state index >= 15 is 0 Å². The number of nitrogens with zero attached hydrogens (tertiary/aromatic N) is 3. The number of hydrogen-bond acceptors (Lipinski definition) is 4. The van der Waals surface area contributed by atoms with Crippen molar-refractivity contribution in [2.24, 2.45) is 0 Å². The van der Waals surface area contributed by atoms with Crippen LogP contribution in [0.15, 0.2) is 39.7 Å². The second-order valence-electron chi connectivity index (χ2n) is 5.09. The van der Waals surface area contributed by atoms with E-state index in [0.29, 0.717) is 0 Å². The van der Waals surface area contributed by atoms with Gasteiger partial charge in [-0.15, -0.1) is 13.2 Å². The summed E-state index contributed by atoms with van der Waals surface area (Å²) in [6.45, 7) is 10.6. The highest BCUT2D eigenvalue weighted by molar-refractivity contribution is 4.96. The molecule has 1 saturated heterocycles. The van der Waals surface area contributed by atoms with Crippen molar-refractivity contribution < 1.29 is 4.74 Å². The summed E-state index contributed by atoms with van der Waals surface area (Å²) in [5.41, 5.74) is -2.63. The van der Waals surface area contributed by atoms with Gasteiger partial charge in [-0.25, -0.2) is 28.1 Å². The standard InChI is InChI=1S/C13H17N3O4/c1-5-7-14-10(17)15(8-6-2)12(19)16(11(14)18)9-13(3,4)20-9/h5-6,9H,1-2,7-8H2,3-4H3. The summed E-state index contributed by atoms with van der Waals surface area (Å²) in [5, 5.41) is 0. The summed E-state index contributed by atoms with van der Waals surface area (Å²) in [7, 11) is 0. The van der Waals surface area contributed by atoms with Crippen LogP contribution < -0.4 is 17.1 Å². The first-order valence-electron chi connectivity index (χ1n) is 6.21. The minimum atomic E-state index is -0.684. The summed E-state index contributed by atoms with van der Waals surface area (Å²) in [4.78, 5) is 36.7. The van der Waals surface area contributed by atoms with Crippen molar-refractivity contribution in [3.8, 4) is 0 Å². The molecule has 108 valence electrons. The van der Waals surface area contributed by atoms with E-state index in [1.165, 1.54) is 12.2 Å². The average Bonchev–Trinajstić information content (AvgIpc) is 2.99. The molecule has 0 aliphatic carbocycles. The Morgan fingerprint density at radius 2 is 1.45 bits per heavy atom. The van der Waals surface area contributed by atoms with Gasteiger partial charge in [0.2, 0.25) is 0 Å². The van der Waals surface area contributed by atoms with E-state index in [1.807, 2.05) is 0 Å². The Labute approximate surface area is 115 Å². The average molecular weight is 279 g/mol. The predicted octanol–water partition coefficient (Wildman–Crippen LogP) is -0.149. The van der Waals surface area contributed by atoms with Crippen molar-refractivity contribution in [3.63, 3.8) is 0 Å². The lowest BCUT2D eigenvalue weighted by atomic mass is 10.2. The fourth-order valence-electron chi connectivity index (χ4n) is 2.04. The van der Waals surface area contributed by atoms with Gasteiger partial charge in [0.1, 0.15) is 5.60 Å². The van der Waals surface area contributed by atoms with Gasteiger partial charge in [0.05, 0.1) is 13.1 Å². The van der Waals surface area contributed by atoms with Gasteiger partial charge in [0, 0.05) is 0 Å². The van der Waals surface area contributed by atoms with Crippen LogP contribution in [0.4, 0.5) is 0 Å². The molecule has 1 aromatic rings. The highest BCUT2D eigenvalue weighted by atomic mass is 16.6. The van der Waals surface area contributed by atoms with Crippen molar-refractivity contribution >= 4 is 0 Å². The second-order valence-corrected chi connectivity index (χ2v) is 5.09. The molecular formula is C13H17N3O4. The molecule has 1 aliphatic heterocycles. The SMILES string of the molecule is C=CCn1c(=O)n(CC=C)c(=O)n(C2OC2(C)C)c1=O. The van der Waals surface area contributed by atoms with Gasteiger partial charge in [-0.2, -0.15) is 0 Å². The van der Waals surface area contributed by atoms with Gasteiger partial charge < -0.3 is 4.74 Å². The van der Waals surface area contributed by atoms with Crippen LogP contribution in [0.2, 0.25) is 0 Å². The third kappa shape index (κ3) is 2.09. The Balaban J connectivity index is 2.77. The number of hydrogen-bond donors (Lipinski definition) is 0. The monoisotopic (exact) mass is 279 g/mol. The Kier molecular flexibility index (Phi) is 3.39. The second kappa shape index (κ2) is 4.75. The fourth-order valence-corrected chi connectivity index (χ4v) is 2.04. The summed E-state index contributed by atoms with van der Waals surface area (Å²) in [6, 6.07) is 0. The molecule has 0 bridgehead atoms. The lowest BCUT2D eigenvalue weighted by molar-refractivity contribution is 0.288. The highest BCUT2D eigenvalue weighted by Crippen LogP contribution is 2.43. The minimum absolute atomic E-state index is 0.0300. The zero-order valence-electron chi connectivity index (χ0n) is 11.5. The predicted molar refractivity (Wildman–Crippen MR) is 73.8 cm³/mol. The molecule has 0 spiro atoms. The zero-order valence-corrected chi connectivity index (χ0v) is 11.5. The third-order valence-electron chi connectivity index (χ3n) is 3.15. The van der Waals surface area contributed by atoms with Gasteiger partial charge in [0.25, 0.3) is 0 Å². The Morgan fingerprint density at radius 1 is 1.05 bits per heavy atom. The van der Waals surface area contributed by atoms with E-state index in [9.17, 15) is 14.4 Å². The van der Waals surface area contributed by atoms with Crippen molar-refractivity contribution in [3.05, 3.63) is 56.8 Å². The van der Waals surface area contributed by atoms with Crippen LogP contribution in [0.1, 0.15) is 20.1 Å². The van der Waals surface area contributed by atoms with E-state index in [4.69, 9.17) is 4.74 Å². The third-order valence-corrected chi connectivity index (χ3v) is 3.15. The summed E-state index contributed by atoms with van der Waals surface area (Å²) in [6.07, 6.45) is 2.19. The molecule has 1 aromatic heterocycles. The molecular weight excluding hydrogens is 262 g/mol. The number of epoxide rings is 1. The topological polar surface area (TPSA) is 78.5 Å². The van der Waals surface area contributed by atoms with Gasteiger partial charge in [-0.1, -0.05) is 12.2 Å². The van der Waals surface area contributed by atoms with Gasteiger partial charge >= 0.3 is 17.1 Å². The lowest BCUT2D eigenvalue weighted by Crippen LogP contribution is -2.54. The van der Waals surface area contributed by atoms with E-state index in [0.717, 1.165) is 13.7 Å². The molecule has 0 amide bonds. The van der Waals surface area contributed by atoms with Gasteiger partial charge in [0.15, 0.2) is 6.23 Å². The molecule has 0 aromatic carbocycles. The van der Waals surface area contributed by atoms with Crippen LogP contribution in [0.5, 0.6) is 0 Å². The van der Waals surface area contributed by atoms with Crippen molar-refractivity contribution in [1.29, 1.82) is 0 Å². The van der Waals surface area contributed by atoms with Crippen LogP contribution in [-0.4, -0.2) is 19.3 Å². The molecule has 0 radical (unpaired) electrons. The summed E-state index contributed by atoms with van der Waals surface area (Å²) in [5.74, 6) is 0. The Morgan fingerprint density at radius 3 is 1.75 bits per heavy atom. The molecule has 7 heteroatoms. The first-order chi connectivity index (χ1) is 9.35. The largest absolute Gasteiger partial charge is 0.344 e. The van der Waals surface area contributed by atoms with Crippen LogP contribution in [0.25, 0.3) is 0 Å². The Hall–Kier alpha value is -2.15. The van der Waals surface area contributed by atoms with Crippen molar-refractivity contribution in [2.75, 3.05) is 0 Å². The molecule has 0 N–H and O–H groups in total. The van der Waals surface area contributed by atoms with Crippen LogP contribution in [0, 0.1) is 0 Å². The number of aromatic nitrogens is 3. The van der Waals surface area contributed by atoms with Crippen LogP contribution >= 0.6 is 0 Å². The molecule has 2 heterocycles. The van der Waals surface area contributed by atoms with Crippen LogP contribution in [-0.2, 0) is 17.8 Å². The molecule has 0 saturated carbocycles. The number of ether oxygens (including phenoxy) is 1. The summed E-state index contributed by atoms with van der Waals surface area (Å²) < 4.78 is 8.22. The molecule has 2 rings (SSSR count). The fraction of sp³-hybridized carbons (Fsp3) is 0.462. The van der Waals surface area contributed by atoms with E-state index in [2.05, 4.69) is 13.2 Å². The molecule has 7 nitrogen and oxygen atoms in total. The van der Waals surface area contributed by atoms with E-state index in [-0.39, 0.29) is 13.1 Å². The quantitative estimate of drug-likeness (QED) is 0.555. The Bertz CT molecular complexity index is 687.